The summed E-state index contributed by atoms with van der Waals surface area (Å²) in [5, 5.41) is 0.665. The van der Waals surface area contributed by atoms with Crippen LogP contribution in [-0.2, 0) is 14.3 Å². The second kappa shape index (κ2) is 12.1. The molecule has 0 aromatic heterocycles. The molecule has 1 saturated heterocycles. The molecule has 0 aliphatic carbocycles. The van der Waals surface area contributed by atoms with Gasteiger partial charge in [-0.1, -0.05) is 31.2 Å². The summed E-state index contributed by atoms with van der Waals surface area (Å²) < 4.78 is 16.2. The number of hydrogen-bond donors (Lipinski definition) is 0. The lowest BCUT2D eigenvalue weighted by Gasteiger charge is -2.14. The van der Waals surface area contributed by atoms with Gasteiger partial charge in [-0.05, 0) is 67.9 Å². The van der Waals surface area contributed by atoms with Crippen LogP contribution in [-0.4, -0.2) is 48.3 Å². The molecule has 1 amide bonds. The number of esters is 1. The van der Waals surface area contributed by atoms with Crippen molar-refractivity contribution in [1.29, 1.82) is 0 Å². The van der Waals surface area contributed by atoms with E-state index in [-0.39, 0.29) is 12.5 Å². The zero-order valence-electron chi connectivity index (χ0n) is 19.1. The Morgan fingerprint density at radius 1 is 1.03 bits per heavy atom. The molecule has 33 heavy (non-hydrogen) atoms. The van der Waals surface area contributed by atoms with Crippen LogP contribution in [0.2, 0.25) is 0 Å². The Morgan fingerprint density at radius 3 is 2.52 bits per heavy atom. The SMILES string of the molecule is CCCN1C(=O)/C(=C\c2ccc(OCC(=O)OCC)c(OCC)c2)SC1=Nc1ccccc1. The van der Waals surface area contributed by atoms with Crippen molar-refractivity contribution in [2.75, 3.05) is 26.4 Å². The standard InChI is InChI=1S/C25H28N2O5S/c1-4-14-27-24(29)22(33-25(27)26-19-10-8-7-9-11-19)16-18-12-13-20(21(15-18)30-5-2)32-17-23(28)31-6-3/h7-13,15-16H,4-6,14,17H2,1-3H3/b22-16+,26-25?. The summed E-state index contributed by atoms with van der Waals surface area (Å²) in [6.07, 6.45) is 2.65. The molecule has 1 aliphatic heterocycles. The Hall–Kier alpha value is -3.26. The Morgan fingerprint density at radius 2 is 1.82 bits per heavy atom. The van der Waals surface area contributed by atoms with E-state index in [9.17, 15) is 9.59 Å². The van der Waals surface area contributed by atoms with E-state index in [2.05, 4.69) is 4.99 Å². The van der Waals surface area contributed by atoms with Crippen molar-refractivity contribution in [1.82, 2.24) is 4.90 Å². The van der Waals surface area contributed by atoms with Crippen molar-refractivity contribution in [2.45, 2.75) is 27.2 Å². The number of rotatable bonds is 10. The number of carbonyl (C=O) groups excluding carboxylic acids is 2. The van der Waals surface area contributed by atoms with Crippen molar-refractivity contribution in [3.05, 3.63) is 59.0 Å². The molecule has 0 unspecified atom stereocenters. The van der Waals surface area contributed by atoms with Crippen LogP contribution in [0.5, 0.6) is 11.5 Å². The number of thioether (sulfide) groups is 1. The molecule has 8 heteroatoms. The molecule has 0 saturated carbocycles. The maximum Gasteiger partial charge on any atom is 0.344 e. The number of aliphatic imine (C=N–C) groups is 1. The first-order valence-electron chi connectivity index (χ1n) is 11.0. The quantitative estimate of drug-likeness (QED) is 0.359. The van der Waals surface area contributed by atoms with E-state index in [4.69, 9.17) is 14.2 Å². The minimum absolute atomic E-state index is 0.0721. The Kier molecular flexibility index (Phi) is 8.95. The van der Waals surface area contributed by atoms with Crippen LogP contribution in [0.25, 0.3) is 6.08 Å². The third-order valence-electron chi connectivity index (χ3n) is 4.53. The zero-order valence-corrected chi connectivity index (χ0v) is 19.9. The zero-order chi connectivity index (χ0) is 23.6. The molecule has 0 bridgehead atoms. The van der Waals surface area contributed by atoms with Crippen LogP contribution in [0.1, 0.15) is 32.8 Å². The van der Waals surface area contributed by atoms with E-state index in [0.717, 1.165) is 17.7 Å². The number of hydrogen-bond acceptors (Lipinski definition) is 7. The normalized spacial score (nSPS) is 15.8. The van der Waals surface area contributed by atoms with Crippen molar-refractivity contribution in [2.24, 2.45) is 4.99 Å². The predicted molar refractivity (Wildman–Crippen MR) is 131 cm³/mol. The van der Waals surface area contributed by atoms with Gasteiger partial charge in [0, 0.05) is 6.54 Å². The molecule has 1 heterocycles. The molecule has 174 valence electrons. The number of ether oxygens (including phenoxy) is 3. The van der Waals surface area contributed by atoms with E-state index in [1.807, 2.05) is 56.3 Å². The summed E-state index contributed by atoms with van der Waals surface area (Å²) in [7, 11) is 0. The number of benzene rings is 2. The van der Waals surface area contributed by atoms with Gasteiger partial charge in [0.2, 0.25) is 0 Å². The first kappa shape index (κ1) is 24.4. The monoisotopic (exact) mass is 468 g/mol. The average Bonchev–Trinajstić information content (AvgIpc) is 3.09. The lowest BCUT2D eigenvalue weighted by atomic mass is 10.2. The fourth-order valence-electron chi connectivity index (χ4n) is 3.12. The van der Waals surface area contributed by atoms with Gasteiger partial charge in [-0.15, -0.1) is 0 Å². The van der Waals surface area contributed by atoms with Gasteiger partial charge in [0.15, 0.2) is 23.3 Å². The molecule has 7 nitrogen and oxygen atoms in total. The summed E-state index contributed by atoms with van der Waals surface area (Å²) in [5.41, 5.74) is 1.59. The summed E-state index contributed by atoms with van der Waals surface area (Å²) in [4.78, 5) is 31.6. The largest absolute Gasteiger partial charge is 0.490 e. The Labute approximate surface area is 198 Å². The first-order chi connectivity index (χ1) is 16.0. The average molecular weight is 469 g/mol. The van der Waals surface area contributed by atoms with Gasteiger partial charge in [0.25, 0.3) is 5.91 Å². The second-order valence-electron chi connectivity index (χ2n) is 7.03. The van der Waals surface area contributed by atoms with Crippen molar-refractivity contribution < 1.29 is 23.8 Å². The molecule has 1 aliphatic rings. The van der Waals surface area contributed by atoms with Crippen molar-refractivity contribution >= 4 is 40.6 Å². The predicted octanol–water partition coefficient (Wildman–Crippen LogP) is 5.04. The number of amidine groups is 1. The number of carbonyl (C=O) groups is 2. The second-order valence-corrected chi connectivity index (χ2v) is 8.04. The van der Waals surface area contributed by atoms with E-state index in [1.165, 1.54) is 11.8 Å². The molecule has 0 spiro atoms. The maximum atomic E-state index is 13.1. The van der Waals surface area contributed by atoms with Crippen molar-refractivity contribution in [3.63, 3.8) is 0 Å². The third kappa shape index (κ3) is 6.61. The van der Waals surface area contributed by atoms with Gasteiger partial charge in [0.1, 0.15) is 0 Å². The van der Waals surface area contributed by atoms with Gasteiger partial charge in [-0.25, -0.2) is 9.79 Å². The molecule has 0 radical (unpaired) electrons. The van der Waals surface area contributed by atoms with E-state index in [1.54, 1.807) is 24.0 Å². The highest BCUT2D eigenvalue weighted by Gasteiger charge is 2.32. The first-order valence-corrected chi connectivity index (χ1v) is 11.8. The fourth-order valence-corrected chi connectivity index (χ4v) is 4.14. The number of nitrogens with zero attached hydrogens (tertiary/aromatic N) is 2. The lowest BCUT2D eigenvalue weighted by molar-refractivity contribution is -0.145. The summed E-state index contributed by atoms with van der Waals surface area (Å²) in [6, 6.07) is 14.9. The van der Waals surface area contributed by atoms with Gasteiger partial charge in [-0.2, -0.15) is 0 Å². The topological polar surface area (TPSA) is 77.4 Å². The number of amides is 1. The number of para-hydroxylation sites is 1. The van der Waals surface area contributed by atoms with Crippen LogP contribution in [0.3, 0.4) is 0 Å². The van der Waals surface area contributed by atoms with Crippen LogP contribution in [0.15, 0.2) is 58.4 Å². The molecule has 1 fully saturated rings. The molecule has 2 aromatic rings. The van der Waals surface area contributed by atoms with Crippen LogP contribution >= 0.6 is 11.8 Å². The summed E-state index contributed by atoms with van der Waals surface area (Å²) in [6.45, 7) is 6.76. The third-order valence-corrected chi connectivity index (χ3v) is 5.54. The molecular formula is C25H28N2O5S. The smallest absolute Gasteiger partial charge is 0.344 e. The van der Waals surface area contributed by atoms with Gasteiger partial charge >= 0.3 is 5.97 Å². The minimum atomic E-state index is -0.444. The molecular weight excluding hydrogens is 440 g/mol. The van der Waals surface area contributed by atoms with E-state index in [0.29, 0.717) is 41.3 Å². The molecule has 3 rings (SSSR count). The van der Waals surface area contributed by atoms with E-state index >= 15 is 0 Å². The highest BCUT2D eigenvalue weighted by molar-refractivity contribution is 8.18. The Bertz CT molecular complexity index is 1040. The lowest BCUT2D eigenvalue weighted by Crippen LogP contribution is -2.29. The van der Waals surface area contributed by atoms with Gasteiger partial charge < -0.3 is 14.2 Å². The minimum Gasteiger partial charge on any atom is -0.490 e. The van der Waals surface area contributed by atoms with Gasteiger partial charge in [0.05, 0.1) is 23.8 Å². The summed E-state index contributed by atoms with van der Waals surface area (Å²) in [5.74, 6) is 0.420. The Balaban J connectivity index is 1.85. The van der Waals surface area contributed by atoms with Crippen LogP contribution in [0, 0.1) is 0 Å². The van der Waals surface area contributed by atoms with Crippen LogP contribution < -0.4 is 9.47 Å². The molecule has 0 N–H and O–H groups in total. The van der Waals surface area contributed by atoms with Crippen molar-refractivity contribution in [3.8, 4) is 11.5 Å². The highest BCUT2D eigenvalue weighted by Crippen LogP contribution is 2.36. The van der Waals surface area contributed by atoms with Gasteiger partial charge in [-0.3, -0.25) is 9.69 Å². The van der Waals surface area contributed by atoms with E-state index < -0.39 is 5.97 Å². The summed E-state index contributed by atoms with van der Waals surface area (Å²) >= 11 is 1.35. The maximum absolute atomic E-state index is 13.1. The fraction of sp³-hybridized carbons (Fsp3) is 0.320. The molecule has 2 aromatic carbocycles. The van der Waals surface area contributed by atoms with Crippen LogP contribution in [0.4, 0.5) is 5.69 Å². The highest BCUT2D eigenvalue weighted by atomic mass is 32.2. The molecule has 0 atom stereocenters.